The highest BCUT2D eigenvalue weighted by Gasteiger charge is 2.57. The molecule has 5 fully saturated rings. The molecule has 0 radical (unpaired) electrons. The lowest BCUT2D eigenvalue weighted by molar-refractivity contribution is -0.280. The van der Waals surface area contributed by atoms with Crippen molar-refractivity contribution in [1.82, 2.24) is 15.3 Å². The average molecular weight is 1020 g/mol. The van der Waals surface area contributed by atoms with E-state index in [0.29, 0.717) is 54.4 Å². The number of nitrogens with zero attached hydrogens (tertiary/aromatic N) is 3. The van der Waals surface area contributed by atoms with Gasteiger partial charge in [0.15, 0.2) is 5.72 Å². The Morgan fingerprint density at radius 3 is 2.36 bits per heavy atom. The van der Waals surface area contributed by atoms with Crippen molar-refractivity contribution in [3.63, 3.8) is 0 Å². The summed E-state index contributed by atoms with van der Waals surface area (Å²) < 4.78 is 34.9. The van der Waals surface area contributed by atoms with Crippen molar-refractivity contribution < 1.29 is 76.7 Å². The van der Waals surface area contributed by atoms with Crippen LogP contribution in [0, 0.1) is 11.8 Å². The number of thioether (sulfide) groups is 1. The molecule has 1 aromatic rings. The summed E-state index contributed by atoms with van der Waals surface area (Å²) in [6.07, 6.45) is 2.71. The highest BCUT2D eigenvalue weighted by atomic mass is 35.5. The lowest BCUT2D eigenvalue weighted by atomic mass is 9.79. The fourth-order valence-electron chi connectivity index (χ4n) is 9.73. The van der Waals surface area contributed by atoms with Gasteiger partial charge in [0.25, 0.3) is 11.8 Å². The molecule has 6 bridgehead atoms. The lowest BCUT2D eigenvalue weighted by Gasteiger charge is -2.53. The van der Waals surface area contributed by atoms with Gasteiger partial charge < -0.3 is 43.3 Å². The normalized spacial score (nSPS) is 31.9. The Morgan fingerprint density at radius 2 is 1.67 bits per heavy atom. The van der Waals surface area contributed by atoms with Crippen LogP contribution in [0.4, 0.5) is 10.5 Å². The molecule has 4 saturated heterocycles. The summed E-state index contributed by atoms with van der Waals surface area (Å²) in [5, 5.41) is 14.3. The Hall–Kier alpha value is -5.06. The average Bonchev–Trinajstić information content (AvgIpc) is 3.77. The van der Waals surface area contributed by atoms with Crippen LogP contribution in [-0.2, 0) is 68.5 Å². The minimum absolute atomic E-state index is 0.00448. The molecule has 2 N–H and O–H groups in total. The van der Waals surface area contributed by atoms with Crippen LogP contribution in [0.1, 0.15) is 90.0 Å². The molecule has 70 heavy (non-hydrogen) atoms. The molecule has 7 aliphatic rings. The fraction of sp³-hybridized carbons (Fsp3) is 0.625. The Bertz CT molecular complexity index is 2260. The van der Waals surface area contributed by atoms with Gasteiger partial charge in [0.05, 0.1) is 56.1 Å². The minimum atomic E-state index is -1.86. The Kier molecular flexibility index (Phi) is 17.0. The number of hydroxylamine groups is 2. The summed E-state index contributed by atoms with van der Waals surface area (Å²) in [7, 11) is 4.45. The topological polar surface area (TPSA) is 243 Å². The summed E-state index contributed by atoms with van der Waals surface area (Å²) in [4.78, 5) is 111. The van der Waals surface area contributed by atoms with Gasteiger partial charge in [-0.15, -0.1) is 16.8 Å². The number of likely N-dealkylation sites (tertiary alicyclic amines) is 1. The number of anilines is 1. The molecule has 20 nitrogen and oxygen atoms in total. The quantitative estimate of drug-likeness (QED) is 0.151. The maximum absolute atomic E-state index is 14.1. The van der Waals surface area contributed by atoms with E-state index >= 15 is 0 Å². The zero-order valence-corrected chi connectivity index (χ0v) is 41.5. The van der Waals surface area contributed by atoms with Crippen molar-refractivity contribution in [2.24, 2.45) is 11.8 Å². The standard InChI is InChI=1S/C48H61ClN4O16S/c1-27-7-6-8-36(64-5)48(62)25-33(66-46(61)50-48)34-24-47(2,68-34)37(23-40(56)51(3)31-20-29(19-27)21-32(63-4)43(31)49)67-42(58)15-16-65-17-18-70-35-22-41(57)52(44(35)59)26-28-9-11-30(12-10-28)45(60)69-53-38(54)13-14-39(53)55/h6-8,20-21,28,30,33-37,62H,9-19,22-26H2,1-5H3,(H,50,61)/b8-6+,27-7+/t28-,30-,33-,34+,35?,36+,37-,47+,48-/m0/s1. The van der Waals surface area contributed by atoms with E-state index in [-0.39, 0.29) is 87.5 Å². The maximum atomic E-state index is 14.1. The van der Waals surface area contributed by atoms with E-state index in [1.54, 1.807) is 38.3 Å². The first-order valence-electron chi connectivity index (χ1n) is 23.5. The first-order valence-corrected chi connectivity index (χ1v) is 24.9. The number of alkyl carbamates (subject to hydrolysis) is 1. The number of rotatable bonds is 14. The number of imide groups is 2. The molecule has 1 saturated carbocycles. The van der Waals surface area contributed by atoms with Gasteiger partial charge >= 0.3 is 18.0 Å². The smallest absolute Gasteiger partial charge is 0.409 e. The number of benzene rings is 1. The summed E-state index contributed by atoms with van der Waals surface area (Å²) in [5.41, 5.74) is -1.01. The molecule has 6 heterocycles. The van der Waals surface area contributed by atoms with Crippen LogP contribution in [0.25, 0.3) is 0 Å². The van der Waals surface area contributed by atoms with Crippen LogP contribution in [0.2, 0.25) is 5.02 Å². The van der Waals surface area contributed by atoms with Gasteiger partial charge in [-0.2, -0.15) is 0 Å². The van der Waals surface area contributed by atoms with Crippen LogP contribution < -0.4 is 15.0 Å². The number of esters is 1. The number of nitrogens with one attached hydrogen (secondary N) is 1. The van der Waals surface area contributed by atoms with E-state index in [1.807, 2.05) is 13.0 Å². The van der Waals surface area contributed by atoms with Gasteiger partial charge in [-0.3, -0.25) is 39.0 Å². The van der Waals surface area contributed by atoms with Gasteiger partial charge in [-0.05, 0) is 69.6 Å². The number of carbonyl (C=O) groups excluding carboxylic acids is 8. The number of aliphatic hydroxyl groups is 1. The van der Waals surface area contributed by atoms with Gasteiger partial charge in [-0.25, -0.2) is 9.59 Å². The Morgan fingerprint density at radius 1 is 0.957 bits per heavy atom. The summed E-state index contributed by atoms with van der Waals surface area (Å²) in [5.74, 6) is -3.16. The predicted octanol–water partition coefficient (Wildman–Crippen LogP) is 4.10. The molecule has 0 spiro atoms. The van der Waals surface area contributed by atoms with Crippen LogP contribution in [0.5, 0.6) is 5.75 Å². The highest BCUT2D eigenvalue weighted by molar-refractivity contribution is 8.00. The molecule has 8 rings (SSSR count). The number of fused-ring (bicyclic) bond motifs is 6. The molecule has 6 amide bonds. The first-order chi connectivity index (χ1) is 33.3. The highest BCUT2D eigenvalue weighted by Crippen LogP contribution is 2.44. The number of ether oxygens (including phenoxy) is 6. The molecule has 6 aliphatic heterocycles. The molecule has 22 heteroatoms. The molecular formula is C48H61ClN4O16S. The second-order valence-corrected chi connectivity index (χ2v) is 20.5. The molecule has 1 unspecified atom stereocenters. The van der Waals surface area contributed by atoms with Crippen LogP contribution >= 0.6 is 23.4 Å². The minimum Gasteiger partial charge on any atom is -0.495 e. The predicted molar refractivity (Wildman–Crippen MR) is 250 cm³/mol. The molecule has 1 aliphatic carbocycles. The van der Waals surface area contributed by atoms with E-state index in [2.05, 4.69) is 5.32 Å². The zero-order valence-electron chi connectivity index (χ0n) is 39.9. The van der Waals surface area contributed by atoms with Crippen molar-refractivity contribution in [3.05, 3.63) is 46.5 Å². The van der Waals surface area contributed by atoms with E-state index < -0.39 is 82.7 Å². The number of amides is 6. The SMILES string of the molecule is COc1cc2cc(c1Cl)N(C)C(=O)C[C@H](OC(=O)CCOCCSC1CC(=O)N(C[C@H]3CC[C@H](C(=O)ON4C(=O)CCC4=O)CC3)C1=O)[C@@]1(C)C[C@@H](O1)[C@@H]1C[C@@](O)(NC(=O)O1)[C@H](OC)/C=C/C=C(\C)C2. The number of hydrogen-bond acceptors (Lipinski definition) is 17. The van der Waals surface area contributed by atoms with Crippen molar-refractivity contribution in [2.45, 2.75) is 132 Å². The van der Waals surface area contributed by atoms with E-state index in [4.69, 9.17) is 44.9 Å². The number of methoxy groups -OCH3 is 2. The van der Waals surface area contributed by atoms with Gasteiger partial charge in [-0.1, -0.05) is 35.4 Å². The molecule has 382 valence electrons. The zero-order chi connectivity index (χ0) is 50.5. The monoisotopic (exact) mass is 1020 g/mol. The Balaban J connectivity index is 0.921. The van der Waals surface area contributed by atoms with Crippen LogP contribution in [-0.4, -0.2) is 150 Å². The third-order valence-electron chi connectivity index (χ3n) is 13.8. The van der Waals surface area contributed by atoms with Crippen molar-refractivity contribution in [3.8, 4) is 5.75 Å². The summed E-state index contributed by atoms with van der Waals surface area (Å²) in [6, 6.07) is 3.56. The third-order valence-corrected chi connectivity index (χ3v) is 15.3. The van der Waals surface area contributed by atoms with E-state index in [1.165, 1.54) is 35.8 Å². The van der Waals surface area contributed by atoms with Gasteiger partial charge in [0.1, 0.15) is 34.7 Å². The van der Waals surface area contributed by atoms with Crippen molar-refractivity contribution in [2.75, 3.05) is 51.7 Å². The second-order valence-electron chi connectivity index (χ2n) is 18.8. The van der Waals surface area contributed by atoms with Crippen molar-refractivity contribution >= 4 is 76.6 Å². The van der Waals surface area contributed by atoms with E-state index in [0.717, 1.165) is 11.1 Å². The second kappa shape index (κ2) is 22.6. The fourth-order valence-corrected chi connectivity index (χ4v) is 11.1. The molecule has 7 atom stereocenters. The first kappa shape index (κ1) is 52.8. The van der Waals surface area contributed by atoms with Crippen molar-refractivity contribution in [1.29, 1.82) is 0 Å². The summed E-state index contributed by atoms with van der Waals surface area (Å²) in [6.45, 7) is 3.96. The number of carbonyl (C=O) groups is 8. The largest absolute Gasteiger partial charge is 0.495 e. The third kappa shape index (κ3) is 12.2. The number of halogens is 1. The summed E-state index contributed by atoms with van der Waals surface area (Å²) >= 11 is 8.05. The molecular weight excluding hydrogens is 956 g/mol. The Labute approximate surface area is 414 Å². The molecule has 0 aromatic heterocycles. The van der Waals surface area contributed by atoms with Crippen LogP contribution in [0.3, 0.4) is 0 Å². The van der Waals surface area contributed by atoms with Gasteiger partial charge in [0.2, 0.25) is 17.7 Å². The van der Waals surface area contributed by atoms with E-state index in [9.17, 15) is 43.5 Å². The number of hydrogen-bond donors (Lipinski definition) is 2. The van der Waals surface area contributed by atoms with Gasteiger partial charge in [0, 0.05) is 58.6 Å². The maximum Gasteiger partial charge on any atom is 0.409 e. The number of allylic oxidation sites excluding steroid dienone is 3. The van der Waals surface area contributed by atoms with Crippen LogP contribution in [0.15, 0.2) is 35.9 Å². The lowest BCUT2D eigenvalue weighted by Crippen LogP contribution is -2.68. The molecule has 1 aromatic carbocycles.